The highest BCUT2D eigenvalue weighted by Crippen LogP contribution is 2.32. The summed E-state index contributed by atoms with van der Waals surface area (Å²) in [5, 5.41) is 6.41. The molecule has 1 aromatic carbocycles. The highest BCUT2D eigenvalue weighted by molar-refractivity contribution is 9.10. The van der Waals surface area contributed by atoms with E-state index in [4.69, 9.17) is 11.6 Å². The first kappa shape index (κ1) is 14.1. The van der Waals surface area contributed by atoms with E-state index in [0.29, 0.717) is 0 Å². The molecule has 0 amide bonds. The Labute approximate surface area is 125 Å². The van der Waals surface area contributed by atoms with Crippen LogP contribution in [0.3, 0.4) is 0 Å². The van der Waals surface area contributed by atoms with Crippen molar-refractivity contribution in [3.63, 3.8) is 0 Å². The summed E-state index contributed by atoms with van der Waals surface area (Å²) in [6.07, 6.45) is 0.940. The van der Waals surface area contributed by atoms with Crippen molar-refractivity contribution in [1.82, 2.24) is 5.32 Å². The monoisotopic (exact) mass is 343 g/mol. The molecule has 1 N–H and O–H groups in total. The smallest absolute Gasteiger partial charge is 0.0561 e. The van der Waals surface area contributed by atoms with Crippen molar-refractivity contribution >= 4 is 38.9 Å². The van der Waals surface area contributed by atoms with Crippen molar-refractivity contribution in [2.75, 3.05) is 6.54 Å². The van der Waals surface area contributed by atoms with E-state index in [2.05, 4.69) is 46.4 Å². The van der Waals surface area contributed by atoms with Crippen molar-refractivity contribution in [3.05, 3.63) is 55.6 Å². The molecule has 0 aliphatic rings. The van der Waals surface area contributed by atoms with Crippen molar-refractivity contribution in [2.24, 2.45) is 0 Å². The van der Waals surface area contributed by atoms with Gasteiger partial charge in [0.15, 0.2) is 0 Å². The fraction of sp³-hybridized carbons (Fsp3) is 0.286. The van der Waals surface area contributed by atoms with E-state index in [0.717, 1.165) is 22.5 Å². The number of hydrogen-bond acceptors (Lipinski definition) is 2. The van der Waals surface area contributed by atoms with Gasteiger partial charge in [-0.2, -0.15) is 0 Å². The predicted octanol–water partition coefficient (Wildman–Crippen LogP) is 5.06. The highest BCUT2D eigenvalue weighted by Gasteiger charge is 2.16. The minimum absolute atomic E-state index is 0.279. The van der Waals surface area contributed by atoms with Crippen LogP contribution in [0.1, 0.15) is 23.4 Å². The van der Waals surface area contributed by atoms with Crippen LogP contribution in [0.15, 0.2) is 40.2 Å². The van der Waals surface area contributed by atoms with Gasteiger partial charge >= 0.3 is 0 Å². The van der Waals surface area contributed by atoms with Gasteiger partial charge in [-0.05, 0) is 36.0 Å². The minimum atomic E-state index is 0.279. The number of thiophene rings is 1. The molecule has 4 heteroatoms. The largest absolute Gasteiger partial charge is 0.309 e. The van der Waals surface area contributed by atoms with Gasteiger partial charge in [-0.15, -0.1) is 11.3 Å². The van der Waals surface area contributed by atoms with Crippen molar-refractivity contribution < 1.29 is 0 Å². The van der Waals surface area contributed by atoms with E-state index in [9.17, 15) is 0 Å². The highest BCUT2D eigenvalue weighted by atomic mass is 79.9. The summed E-state index contributed by atoms with van der Waals surface area (Å²) in [4.78, 5) is 1.22. The first-order chi connectivity index (χ1) is 8.72. The van der Waals surface area contributed by atoms with Crippen LogP contribution in [-0.2, 0) is 6.42 Å². The molecule has 0 fully saturated rings. The SMILES string of the molecule is CCNC(Cc1ccccc1Br)c1sccc1Cl. The second-order valence-electron chi connectivity index (χ2n) is 4.04. The van der Waals surface area contributed by atoms with E-state index < -0.39 is 0 Å². The molecule has 96 valence electrons. The molecule has 18 heavy (non-hydrogen) atoms. The fourth-order valence-corrected chi connectivity index (χ4v) is 3.65. The third kappa shape index (κ3) is 3.35. The number of rotatable bonds is 5. The van der Waals surface area contributed by atoms with Gasteiger partial charge in [0.1, 0.15) is 0 Å². The molecule has 0 radical (unpaired) electrons. The van der Waals surface area contributed by atoms with Gasteiger partial charge in [0.25, 0.3) is 0 Å². The third-order valence-electron chi connectivity index (χ3n) is 2.79. The summed E-state index contributed by atoms with van der Waals surface area (Å²) in [7, 11) is 0. The Morgan fingerprint density at radius 3 is 2.72 bits per heavy atom. The number of hydrogen-bond donors (Lipinski definition) is 1. The van der Waals surface area contributed by atoms with E-state index in [1.165, 1.54) is 10.4 Å². The Kier molecular flexibility index (Phi) is 5.25. The number of halogens is 2. The van der Waals surface area contributed by atoms with Crippen molar-refractivity contribution in [2.45, 2.75) is 19.4 Å². The molecular weight excluding hydrogens is 330 g/mol. The topological polar surface area (TPSA) is 12.0 Å². The lowest BCUT2D eigenvalue weighted by Gasteiger charge is -2.18. The van der Waals surface area contributed by atoms with Crippen LogP contribution < -0.4 is 5.32 Å². The number of likely N-dealkylation sites (N-methyl/N-ethyl adjacent to an activating group) is 1. The van der Waals surface area contributed by atoms with Gasteiger partial charge in [0.2, 0.25) is 0 Å². The molecule has 0 aliphatic heterocycles. The van der Waals surface area contributed by atoms with Gasteiger partial charge in [-0.1, -0.05) is 52.7 Å². The molecule has 1 atom stereocenters. The molecule has 1 nitrogen and oxygen atoms in total. The summed E-state index contributed by atoms with van der Waals surface area (Å²) in [6, 6.07) is 10.6. The zero-order chi connectivity index (χ0) is 13.0. The number of nitrogens with one attached hydrogen (secondary N) is 1. The van der Waals surface area contributed by atoms with Gasteiger partial charge in [-0.25, -0.2) is 0 Å². The van der Waals surface area contributed by atoms with Crippen LogP contribution in [0, 0.1) is 0 Å². The van der Waals surface area contributed by atoms with Gasteiger partial charge in [0, 0.05) is 15.4 Å². The Hall–Kier alpha value is -0.350. The standard InChI is InChI=1S/C14H15BrClNS/c1-2-17-13(14-12(16)7-8-18-14)9-10-5-3-4-6-11(10)15/h3-8,13,17H,2,9H2,1H3. The molecule has 1 unspecified atom stereocenters. The van der Waals surface area contributed by atoms with Crippen LogP contribution >= 0.6 is 38.9 Å². The van der Waals surface area contributed by atoms with E-state index in [1.807, 2.05) is 17.5 Å². The van der Waals surface area contributed by atoms with Gasteiger partial charge in [-0.3, -0.25) is 0 Å². The van der Waals surface area contributed by atoms with Crippen LogP contribution in [0.2, 0.25) is 5.02 Å². The molecule has 0 saturated carbocycles. The molecule has 1 aromatic heterocycles. The average Bonchev–Trinajstić information content (AvgIpc) is 2.78. The molecule has 0 spiro atoms. The van der Waals surface area contributed by atoms with Crippen LogP contribution in [0.5, 0.6) is 0 Å². The van der Waals surface area contributed by atoms with Gasteiger partial charge in [0.05, 0.1) is 5.02 Å². The van der Waals surface area contributed by atoms with Crippen molar-refractivity contribution in [1.29, 1.82) is 0 Å². The van der Waals surface area contributed by atoms with Crippen LogP contribution in [-0.4, -0.2) is 6.54 Å². The van der Waals surface area contributed by atoms with Crippen molar-refractivity contribution in [3.8, 4) is 0 Å². The van der Waals surface area contributed by atoms with Crippen LogP contribution in [0.25, 0.3) is 0 Å². The first-order valence-electron chi connectivity index (χ1n) is 5.92. The minimum Gasteiger partial charge on any atom is -0.309 e. The lowest BCUT2D eigenvalue weighted by molar-refractivity contribution is 0.557. The zero-order valence-electron chi connectivity index (χ0n) is 10.1. The first-order valence-corrected chi connectivity index (χ1v) is 7.97. The summed E-state index contributed by atoms with van der Waals surface area (Å²) in [5.41, 5.74) is 1.30. The maximum Gasteiger partial charge on any atom is 0.0561 e. The van der Waals surface area contributed by atoms with E-state index >= 15 is 0 Å². The molecular formula is C14H15BrClNS. The summed E-state index contributed by atoms with van der Waals surface area (Å²) < 4.78 is 1.15. The quantitative estimate of drug-likeness (QED) is 0.799. The third-order valence-corrected chi connectivity index (χ3v) is 5.04. The van der Waals surface area contributed by atoms with E-state index in [-0.39, 0.29) is 6.04 Å². The Bertz CT molecular complexity index is 512. The summed E-state index contributed by atoms with van der Waals surface area (Å²) in [6.45, 7) is 3.05. The average molecular weight is 345 g/mol. The maximum atomic E-state index is 6.23. The summed E-state index contributed by atoms with van der Waals surface area (Å²) >= 11 is 11.5. The number of benzene rings is 1. The summed E-state index contributed by atoms with van der Waals surface area (Å²) in [5.74, 6) is 0. The molecule has 2 aromatic rings. The normalized spacial score (nSPS) is 12.6. The second kappa shape index (κ2) is 6.71. The molecule has 0 saturated heterocycles. The molecule has 1 heterocycles. The Morgan fingerprint density at radius 2 is 2.11 bits per heavy atom. The van der Waals surface area contributed by atoms with E-state index in [1.54, 1.807) is 11.3 Å². The Morgan fingerprint density at radius 1 is 1.33 bits per heavy atom. The lowest BCUT2D eigenvalue weighted by Crippen LogP contribution is -2.22. The molecule has 0 bridgehead atoms. The van der Waals surface area contributed by atoms with Crippen LogP contribution in [0.4, 0.5) is 0 Å². The lowest BCUT2D eigenvalue weighted by atomic mass is 10.0. The second-order valence-corrected chi connectivity index (χ2v) is 6.25. The maximum absolute atomic E-state index is 6.23. The molecule has 0 aliphatic carbocycles. The zero-order valence-corrected chi connectivity index (χ0v) is 13.3. The van der Waals surface area contributed by atoms with Gasteiger partial charge < -0.3 is 5.32 Å². The fourth-order valence-electron chi connectivity index (χ4n) is 1.94. The molecule has 2 rings (SSSR count). The predicted molar refractivity (Wildman–Crippen MR) is 83.6 cm³/mol. The Balaban J connectivity index is 2.22.